The van der Waals surface area contributed by atoms with Gasteiger partial charge in [-0.2, -0.15) is 0 Å². The van der Waals surface area contributed by atoms with Crippen molar-refractivity contribution >= 4 is 29.1 Å². The molecule has 0 aliphatic rings. The van der Waals surface area contributed by atoms with Crippen molar-refractivity contribution < 1.29 is 14.3 Å². The number of rotatable bonds is 5. The summed E-state index contributed by atoms with van der Waals surface area (Å²) in [5.74, 6) is 0.110. The minimum absolute atomic E-state index is 0.114. The number of hydrogen-bond acceptors (Lipinski definition) is 5. The summed E-state index contributed by atoms with van der Waals surface area (Å²) in [5.41, 5.74) is 1.96. The SMILES string of the molecule is CCOC(=O)c1ccc(Nc2ccc(NC(C)=O)cc2)nc1. The lowest BCUT2D eigenvalue weighted by Gasteiger charge is -2.08. The Morgan fingerprint density at radius 3 is 2.32 bits per heavy atom. The van der Waals surface area contributed by atoms with Gasteiger partial charge in [0.15, 0.2) is 0 Å². The van der Waals surface area contributed by atoms with Gasteiger partial charge in [0.05, 0.1) is 12.2 Å². The molecule has 0 saturated heterocycles. The predicted octanol–water partition coefficient (Wildman–Crippen LogP) is 2.96. The molecule has 114 valence electrons. The molecule has 0 unspecified atom stereocenters. The second-order valence-corrected chi connectivity index (χ2v) is 4.54. The zero-order valence-corrected chi connectivity index (χ0v) is 12.4. The summed E-state index contributed by atoms with van der Waals surface area (Å²) in [6, 6.07) is 10.6. The lowest BCUT2D eigenvalue weighted by molar-refractivity contribution is -0.114. The first-order chi connectivity index (χ1) is 10.6. The van der Waals surface area contributed by atoms with Crippen molar-refractivity contribution in [2.75, 3.05) is 17.2 Å². The van der Waals surface area contributed by atoms with Crippen LogP contribution in [0.1, 0.15) is 24.2 Å². The third-order valence-electron chi connectivity index (χ3n) is 2.75. The van der Waals surface area contributed by atoms with Crippen LogP contribution in [0.4, 0.5) is 17.2 Å². The van der Waals surface area contributed by atoms with Gasteiger partial charge in [-0.1, -0.05) is 0 Å². The average molecular weight is 299 g/mol. The van der Waals surface area contributed by atoms with Gasteiger partial charge in [-0.3, -0.25) is 4.79 Å². The number of ether oxygens (including phenoxy) is 1. The van der Waals surface area contributed by atoms with Gasteiger partial charge in [-0.05, 0) is 43.3 Å². The highest BCUT2D eigenvalue weighted by Gasteiger charge is 2.06. The Hall–Kier alpha value is -2.89. The molecule has 0 bridgehead atoms. The molecule has 2 aromatic rings. The first-order valence-corrected chi connectivity index (χ1v) is 6.86. The number of carbonyl (C=O) groups excluding carboxylic acids is 2. The molecule has 0 saturated carbocycles. The van der Waals surface area contributed by atoms with Crippen molar-refractivity contribution in [2.45, 2.75) is 13.8 Å². The van der Waals surface area contributed by atoms with Crippen molar-refractivity contribution in [3.8, 4) is 0 Å². The highest BCUT2D eigenvalue weighted by Crippen LogP contribution is 2.18. The fourth-order valence-electron chi connectivity index (χ4n) is 1.79. The molecule has 1 amide bonds. The average Bonchev–Trinajstić information content (AvgIpc) is 2.50. The fourth-order valence-corrected chi connectivity index (χ4v) is 1.79. The van der Waals surface area contributed by atoms with Gasteiger partial charge in [0.1, 0.15) is 5.82 Å². The minimum atomic E-state index is -0.388. The topological polar surface area (TPSA) is 80.3 Å². The van der Waals surface area contributed by atoms with Crippen LogP contribution in [0.5, 0.6) is 0 Å². The Morgan fingerprint density at radius 2 is 1.77 bits per heavy atom. The van der Waals surface area contributed by atoms with E-state index in [2.05, 4.69) is 15.6 Å². The fraction of sp³-hybridized carbons (Fsp3) is 0.188. The Bertz CT molecular complexity index is 651. The zero-order valence-electron chi connectivity index (χ0n) is 12.4. The van der Waals surface area contributed by atoms with Crippen LogP contribution in [-0.4, -0.2) is 23.5 Å². The first kappa shape index (κ1) is 15.5. The summed E-state index contributed by atoms with van der Waals surface area (Å²) >= 11 is 0. The molecule has 6 nitrogen and oxygen atoms in total. The van der Waals surface area contributed by atoms with E-state index in [1.54, 1.807) is 31.2 Å². The highest BCUT2D eigenvalue weighted by atomic mass is 16.5. The Kier molecular flexibility index (Phi) is 5.08. The van der Waals surface area contributed by atoms with E-state index < -0.39 is 0 Å². The number of pyridine rings is 1. The first-order valence-electron chi connectivity index (χ1n) is 6.86. The summed E-state index contributed by atoms with van der Waals surface area (Å²) in [5, 5.41) is 5.80. The van der Waals surface area contributed by atoms with E-state index in [4.69, 9.17) is 4.74 Å². The van der Waals surface area contributed by atoms with E-state index in [-0.39, 0.29) is 11.9 Å². The molecule has 1 aromatic carbocycles. The van der Waals surface area contributed by atoms with Crippen LogP contribution in [0.25, 0.3) is 0 Å². The molecule has 0 aliphatic heterocycles. The number of benzene rings is 1. The Labute approximate surface area is 128 Å². The lowest BCUT2D eigenvalue weighted by Crippen LogP contribution is -2.06. The molecule has 0 spiro atoms. The molecule has 2 N–H and O–H groups in total. The summed E-state index contributed by atoms with van der Waals surface area (Å²) in [6.45, 7) is 3.55. The van der Waals surface area contributed by atoms with Crippen LogP contribution in [0.2, 0.25) is 0 Å². The third kappa shape index (κ3) is 4.31. The van der Waals surface area contributed by atoms with Gasteiger partial charge in [0.25, 0.3) is 0 Å². The Morgan fingerprint density at radius 1 is 1.09 bits per heavy atom. The standard InChI is InChI=1S/C16H17N3O3/c1-3-22-16(21)12-4-9-15(17-10-12)19-14-7-5-13(6-8-14)18-11(2)20/h4-10H,3H2,1-2H3,(H,17,19)(H,18,20). The van der Waals surface area contributed by atoms with Crippen LogP contribution in [0, 0.1) is 0 Å². The number of esters is 1. The highest BCUT2D eigenvalue weighted by molar-refractivity contribution is 5.89. The Balaban J connectivity index is 2.01. The summed E-state index contributed by atoms with van der Waals surface area (Å²) in [4.78, 5) is 26.6. The van der Waals surface area contributed by atoms with Crippen LogP contribution in [0.15, 0.2) is 42.6 Å². The molecule has 0 radical (unpaired) electrons. The summed E-state index contributed by atoms with van der Waals surface area (Å²) in [6.07, 6.45) is 1.46. The predicted molar refractivity (Wildman–Crippen MR) is 84.2 cm³/mol. The van der Waals surface area contributed by atoms with Crippen molar-refractivity contribution in [1.82, 2.24) is 4.98 Å². The number of nitrogens with zero attached hydrogens (tertiary/aromatic N) is 1. The minimum Gasteiger partial charge on any atom is -0.462 e. The van der Waals surface area contributed by atoms with Gasteiger partial charge < -0.3 is 15.4 Å². The van der Waals surface area contributed by atoms with Gasteiger partial charge in [-0.15, -0.1) is 0 Å². The zero-order chi connectivity index (χ0) is 15.9. The van der Waals surface area contributed by atoms with E-state index in [0.717, 1.165) is 11.4 Å². The molecule has 22 heavy (non-hydrogen) atoms. The molecular formula is C16H17N3O3. The van der Waals surface area contributed by atoms with Crippen LogP contribution in [-0.2, 0) is 9.53 Å². The quantitative estimate of drug-likeness (QED) is 0.830. The van der Waals surface area contributed by atoms with Gasteiger partial charge in [-0.25, -0.2) is 9.78 Å². The largest absolute Gasteiger partial charge is 0.462 e. The molecule has 0 atom stereocenters. The maximum absolute atomic E-state index is 11.5. The molecule has 2 rings (SSSR count). The maximum Gasteiger partial charge on any atom is 0.339 e. The van der Waals surface area contributed by atoms with E-state index in [1.165, 1.54) is 13.1 Å². The van der Waals surface area contributed by atoms with E-state index in [9.17, 15) is 9.59 Å². The third-order valence-corrected chi connectivity index (χ3v) is 2.75. The maximum atomic E-state index is 11.5. The van der Waals surface area contributed by atoms with Crippen molar-refractivity contribution in [3.63, 3.8) is 0 Å². The number of anilines is 3. The molecule has 1 aromatic heterocycles. The van der Waals surface area contributed by atoms with E-state index in [0.29, 0.717) is 18.0 Å². The monoisotopic (exact) mass is 299 g/mol. The van der Waals surface area contributed by atoms with E-state index in [1.807, 2.05) is 12.1 Å². The second kappa shape index (κ2) is 7.21. The molecule has 1 heterocycles. The smallest absolute Gasteiger partial charge is 0.339 e. The van der Waals surface area contributed by atoms with E-state index >= 15 is 0 Å². The molecular weight excluding hydrogens is 282 g/mol. The number of nitrogens with one attached hydrogen (secondary N) is 2. The summed E-state index contributed by atoms with van der Waals surface area (Å²) in [7, 11) is 0. The van der Waals surface area contributed by atoms with Crippen molar-refractivity contribution in [1.29, 1.82) is 0 Å². The lowest BCUT2D eigenvalue weighted by atomic mass is 10.2. The summed E-state index contributed by atoms with van der Waals surface area (Å²) < 4.78 is 4.90. The van der Waals surface area contributed by atoms with Crippen molar-refractivity contribution in [3.05, 3.63) is 48.2 Å². The number of hydrogen-bond donors (Lipinski definition) is 2. The number of carbonyl (C=O) groups is 2. The molecule has 6 heteroatoms. The normalized spacial score (nSPS) is 9.91. The molecule has 0 fully saturated rings. The van der Waals surface area contributed by atoms with Crippen LogP contribution >= 0.6 is 0 Å². The number of amides is 1. The van der Waals surface area contributed by atoms with Gasteiger partial charge in [0.2, 0.25) is 5.91 Å². The van der Waals surface area contributed by atoms with Crippen LogP contribution < -0.4 is 10.6 Å². The van der Waals surface area contributed by atoms with Gasteiger partial charge >= 0.3 is 5.97 Å². The van der Waals surface area contributed by atoms with Crippen molar-refractivity contribution in [2.24, 2.45) is 0 Å². The van der Waals surface area contributed by atoms with Gasteiger partial charge in [0, 0.05) is 24.5 Å². The number of aromatic nitrogens is 1. The second-order valence-electron chi connectivity index (χ2n) is 4.54. The van der Waals surface area contributed by atoms with Crippen LogP contribution in [0.3, 0.4) is 0 Å². The molecule has 0 aliphatic carbocycles.